The second-order valence-electron chi connectivity index (χ2n) is 6.15. The van der Waals surface area contributed by atoms with Gasteiger partial charge < -0.3 is 20.1 Å². The molecule has 31 heavy (non-hydrogen) atoms. The number of thioether (sulfide) groups is 1. The van der Waals surface area contributed by atoms with Crippen molar-refractivity contribution in [3.63, 3.8) is 0 Å². The van der Waals surface area contributed by atoms with Crippen LogP contribution in [0.3, 0.4) is 0 Å². The first-order chi connectivity index (χ1) is 14.9. The van der Waals surface area contributed by atoms with Crippen LogP contribution in [0.2, 0.25) is 0 Å². The molecule has 0 aliphatic carbocycles. The summed E-state index contributed by atoms with van der Waals surface area (Å²) in [5, 5.41) is 12.8. The van der Waals surface area contributed by atoms with Crippen LogP contribution in [0.5, 0.6) is 5.88 Å². The number of rotatable bonds is 8. The van der Waals surface area contributed by atoms with Crippen molar-refractivity contribution in [2.75, 3.05) is 17.7 Å². The smallest absolute Gasteiger partial charge is 0.350 e. The molecule has 0 aliphatic heterocycles. The Kier molecular flexibility index (Phi) is 7.42. The molecule has 162 valence electrons. The lowest BCUT2D eigenvalue weighted by Crippen LogP contribution is -2.17. The van der Waals surface area contributed by atoms with Gasteiger partial charge in [-0.3, -0.25) is 9.59 Å². The van der Waals surface area contributed by atoms with Crippen LogP contribution in [0.15, 0.2) is 40.3 Å². The van der Waals surface area contributed by atoms with Gasteiger partial charge in [-0.15, -0.1) is 0 Å². The topological polar surface area (TPSA) is 134 Å². The molecule has 0 aliphatic rings. The predicted molar refractivity (Wildman–Crippen MR) is 119 cm³/mol. The monoisotopic (exact) mass is 460 g/mol. The summed E-state index contributed by atoms with van der Waals surface area (Å²) >= 11 is 1.99. The van der Waals surface area contributed by atoms with E-state index in [-0.39, 0.29) is 34.1 Å². The maximum Gasteiger partial charge on any atom is 0.350 e. The molecule has 0 saturated heterocycles. The Hall–Kier alpha value is -3.18. The number of carbonyl (C=O) groups excluding carboxylic acids is 2. The number of aromatic nitrogens is 3. The number of nitrogens with zero attached hydrogens (tertiary/aromatic N) is 2. The van der Waals surface area contributed by atoms with Gasteiger partial charge in [0, 0.05) is 5.56 Å². The van der Waals surface area contributed by atoms with E-state index in [9.17, 15) is 19.5 Å². The van der Waals surface area contributed by atoms with Gasteiger partial charge in [0.1, 0.15) is 4.88 Å². The van der Waals surface area contributed by atoms with Crippen molar-refractivity contribution in [1.29, 1.82) is 0 Å². The molecule has 3 rings (SSSR count). The molecule has 0 spiro atoms. The highest BCUT2D eigenvalue weighted by atomic mass is 32.2. The van der Waals surface area contributed by atoms with E-state index in [0.29, 0.717) is 17.0 Å². The third kappa shape index (κ3) is 5.50. The summed E-state index contributed by atoms with van der Waals surface area (Å²) in [6, 6.07) is 9.13. The summed E-state index contributed by atoms with van der Waals surface area (Å²) in [4.78, 5) is 47.7. The summed E-state index contributed by atoms with van der Waals surface area (Å²) in [6.07, 6.45) is 0.343. The lowest BCUT2D eigenvalue weighted by Gasteiger charge is -2.04. The van der Waals surface area contributed by atoms with Crippen molar-refractivity contribution in [2.24, 2.45) is 0 Å². The van der Waals surface area contributed by atoms with E-state index in [1.54, 1.807) is 13.8 Å². The Morgan fingerprint density at radius 3 is 2.61 bits per heavy atom. The first-order valence-corrected chi connectivity index (χ1v) is 11.2. The zero-order valence-corrected chi connectivity index (χ0v) is 18.4. The normalized spacial score (nSPS) is 10.6. The summed E-state index contributed by atoms with van der Waals surface area (Å²) in [7, 11) is 0. The molecule has 0 unspecified atom stereocenters. The second-order valence-corrected chi connectivity index (χ2v) is 8.11. The van der Waals surface area contributed by atoms with Gasteiger partial charge in [-0.2, -0.15) is 4.98 Å². The number of hydrogen-bond donors (Lipinski definition) is 3. The fourth-order valence-electron chi connectivity index (χ4n) is 2.64. The molecule has 0 bridgehead atoms. The maximum atomic E-state index is 12.4. The number of thiazole rings is 1. The molecule has 0 atom stereocenters. The Bertz CT molecular complexity index is 1140. The van der Waals surface area contributed by atoms with Crippen LogP contribution < -0.4 is 10.9 Å². The minimum Gasteiger partial charge on any atom is -0.493 e. The van der Waals surface area contributed by atoms with Crippen molar-refractivity contribution < 1.29 is 19.4 Å². The van der Waals surface area contributed by atoms with Gasteiger partial charge in [0.05, 0.1) is 23.6 Å². The van der Waals surface area contributed by atoms with Crippen LogP contribution in [0.1, 0.15) is 29.1 Å². The zero-order chi connectivity index (χ0) is 22.4. The number of aromatic hydroxyl groups is 1. The van der Waals surface area contributed by atoms with E-state index in [2.05, 4.69) is 20.3 Å². The van der Waals surface area contributed by atoms with Crippen molar-refractivity contribution >= 4 is 40.1 Å². The Balaban J connectivity index is 1.74. The molecule has 0 saturated carbocycles. The van der Waals surface area contributed by atoms with Crippen LogP contribution >= 0.6 is 23.1 Å². The molecule has 9 nitrogen and oxygen atoms in total. The second kappa shape index (κ2) is 10.2. The quantitative estimate of drug-likeness (QED) is 0.265. The molecular formula is C20H20N4O5S2. The summed E-state index contributed by atoms with van der Waals surface area (Å²) < 4.78 is 5.10. The molecule has 0 fully saturated rings. The lowest BCUT2D eigenvalue weighted by atomic mass is 10.1. The number of anilines is 1. The van der Waals surface area contributed by atoms with Gasteiger partial charge >= 0.3 is 5.97 Å². The average molecular weight is 461 g/mol. The standard InChI is InChI=1S/C20H20N4O5S2/c1-3-12-16(26)23-19(24-17(12)27)30-10-13(25)21-20-22-14(11-8-6-5-7-9-11)15(31-20)18(28)29-4-2/h5-9H,3-4,10H2,1-2H3,(H,21,22,25)(H2,23,24,26,27). The summed E-state index contributed by atoms with van der Waals surface area (Å²) in [6.45, 7) is 3.66. The number of aromatic amines is 1. The van der Waals surface area contributed by atoms with Crippen LogP contribution in [0.4, 0.5) is 5.13 Å². The van der Waals surface area contributed by atoms with Crippen LogP contribution in [0, 0.1) is 0 Å². The third-order valence-corrected chi connectivity index (χ3v) is 5.87. The highest BCUT2D eigenvalue weighted by molar-refractivity contribution is 7.99. The number of H-pyrrole nitrogens is 1. The minimum absolute atomic E-state index is 0.0805. The van der Waals surface area contributed by atoms with E-state index in [1.807, 2.05) is 30.3 Å². The predicted octanol–water partition coefficient (Wildman–Crippen LogP) is 3.07. The van der Waals surface area contributed by atoms with E-state index in [1.165, 1.54) is 0 Å². The number of benzene rings is 1. The summed E-state index contributed by atoms with van der Waals surface area (Å²) in [5.74, 6) is -1.35. The fourth-order valence-corrected chi connectivity index (χ4v) is 4.20. The Morgan fingerprint density at radius 1 is 1.23 bits per heavy atom. The van der Waals surface area contributed by atoms with Crippen molar-refractivity contribution in [1.82, 2.24) is 15.0 Å². The summed E-state index contributed by atoms with van der Waals surface area (Å²) in [5.41, 5.74) is 0.906. The zero-order valence-electron chi connectivity index (χ0n) is 16.8. The number of carbonyl (C=O) groups is 2. The first-order valence-electron chi connectivity index (χ1n) is 9.41. The molecular weight excluding hydrogens is 440 g/mol. The Morgan fingerprint density at radius 2 is 1.97 bits per heavy atom. The molecule has 2 heterocycles. The van der Waals surface area contributed by atoms with Gasteiger partial charge in [0.25, 0.3) is 5.56 Å². The lowest BCUT2D eigenvalue weighted by molar-refractivity contribution is -0.113. The maximum absolute atomic E-state index is 12.4. The van der Waals surface area contributed by atoms with Crippen LogP contribution in [-0.4, -0.2) is 44.3 Å². The van der Waals surface area contributed by atoms with E-state index in [0.717, 1.165) is 28.7 Å². The highest BCUT2D eigenvalue weighted by Crippen LogP contribution is 2.32. The third-order valence-electron chi connectivity index (χ3n) is 4.05. The average Bonchev–Trinajstić information content (AvgIpc) is 3.17. The molecule has 3 N–H and O–H groups in total. The number of hydrogen-bond acceptors (Lipinski definition) is 9. The molecule has 11 heteroatoms. The number of amides is 1. The molecule has 1 aromatic carbocycles. The number of ether oxygens (including phenoxy) is 1. The van der Waals surface area contributed by atoms with Crippen LogP contribution in [-0.2, 0) is 16.0 Å². The number of esters is 1. The van der Waals surface area contributed by atoms with Crippen molar-refractivity contribution in [3.05, 3.63) is 51.1 Å². The first kappa shape index (κ1) is 22.5. The van der Waals surface area contributed by atoms with E-state index in [4.69, 9.17) is 4.74 Å². The molecule has 0 radical (unpaired) electrons. The minimum atomic E-state index is -0.512. The molecule has 1 amide bonds. The van der Waals surface area contributed by atoms with Gasteiger partial charge in [0.2, 0.25) is 11.8 Å². The van der Waals surface area contributed by atoms with Crippen molar-refractivity contribution in [2.45, 2.75) is 25.4 Å². The van der Waals surface area contributed by atoms with Gasteiger partial charge in [-0.1, -0.05) is 60.4 Å². The van der Waals surface area contributed by atoms with Crippen LogP contribution in [0.25, 0.3) is 11.3 Å². The largest absolute Gasteiger partial charge is 0.493 e. The van der Waals surface area contributed by atoms with E-state index < -0.39 is 17.4 Å². The Labute approximate surface area is 185 Å². The van der Waals surface area contributed by atoms with Gasteiger partial charge in [-0.25, -0.2) is 9.78 Å². The van der Waals surface area contributed by atoms with Gasteiger partial charge in [0.15, 0.2) is 10.3 Å². The SMILES string of the molecule is CCOC(=O)c1sc(NC(=O)CSc2nc(O)c(CC)c(=O)[nH]2)nc1-c1ccccc1. The van der Waals surface area contributed by atoms with Crippen molar-refractivity contribution in [3.8, 4) is 17.1 Å². The molecule has 2 aromatic heterocycles. The molecule has 3 aromatic rings. The number of nitrogens with one attached hydrogen (secondary N) is 2. The highest BCUT2D eigenvalue weighted by Gasteiger charge is 2.21. The van der Waals surface area contributed by atoms with Gasteiger partial charge in [-0.05, 0) is 13.3 Å². The van der Waals surface area contributed by atoms with E-state index >= 15 is 0 Å². The fraction of sp³-hybridized carbons (Fsp3) is 0.250.